The van der Waals surface area contributed by atoms with Crippen molar-refractivity contribution in [1.29, 1.82) is 5.26 Å². The Morgan fingerprint density at radius 2 is 1.70 bits per heavy atom. The van der Waals surface area contributed by atoms with Gasteiger partial charge < -0.3 is 4.74 Å². The molecule has 0 unspecified atom stereocenters. The van der Waals surface area contributed by atoms with Crippen molar-refractivity contribution in [3.8, 4) is 22.9 Å². The van der Waals surface area contributed by atoms with Gasteiger partial charge in [-0.3, -0.25) is 0 Å². The highest BCUT2D eigenvalue weighted by Gasteiger charge is 2.11. The van der Waals surface area contributed by atoms with E-state index in [1.54, 1.807) is 7.11 Å². The molecule has 0 atom stereocenters. The SMILES string of the molecule is COc1ccc2ccc(C#N)cc2c1-c1ccccc1. The molecule has 0 saturated carbocycles. The molecule has 0 saturated heterocycles. The first-order chi connectivity index (χ1) is 9.83. The molecule has 20 heavy (non-hydrogen) atoms. The summed E-state index contributed by atoms with van der Waals surface area (Å²) in [6.07, 6.45) is 0. The Hall–Kier alpha value is -2.79. The van der Waals surface area contributed by atoms with Crippen LogP contribution in [0, 0.1) is 11.3 Å². The Kier molecular flexibility index (Phi) is 3.10. The topological polar surface area (TPSA) is 33.0 Å². The third-order valence-electron chi connectivity index (χ3n) is 3.39. The van der Waals surface area contributed by atoms with Gasteiger partial charge in [-0.1, -0.05) is 42.5 Å². The van der Waals surface area contributed by atoms with Gasteiger partial charge in [0.2, 0.25) is 0 Å². The van der Waals surface area contributed by atoms with Crippen LogP contribution in [0.25, 0.3) is 21.9 Å². The molecule has 0 amide bonds. The lowest BCUT2D eigenvalue weighted by molar-refractivity contribution is 0.417. The Morgan fingerprint density at radius 1 is 0.950 bits per heavy atom. The normalized spacial score (nSPS) is 10.2. The van der Waals surface area contributed by atoms with E-state index in [1.807, 2.05) is 48.5 Å². The second-order valence-electron chi connectivity index (χ2n) is 4.56. The van der Waals surface area contributed by atoms with E-state index in [1.165, 1.54) is 0 Å². The van der Waals surface area contributed by atoms with E-state index in [-0.39, 0.29) is 0 Å². The van der Waals surface area contributed by atoms with Crippen LogP contribution >= 0.6 is 0 Å². The van der Waals surface area contributed by atoms with E-state index < -0.39 is 0 Å². The minimum Gasteiger partial charge on any atom is -0.496 e. The zero-order valence-electron chi connectivity index (χ0n) is 11.1. The van der Waals surface area contributed by atoms with Crippen molar-refractivity contribution in [2.45, 2.75) is 0 Å². The fourth-order valence-corrected chi connectivity index (χ4v) is 2.44. The molecule has 2 heteroatoms. The molecule has 96 valence electrons. The highest BCUT2D eigenvalue weighted by atomic mass is 16.5. The monoisotopic (exact) mass is 259 g/mol. The molecule has 3 rings (SSSR count). The van der Waals surface area contributed by atoms with Gasteiger partial charge >= 0.3 is 0 Å². The minimum absolute atomic E-state index is 0.655. The first kappa shape index (κ1) is 12.3. The van der Waals surface area contributed by atoms with Gasteiger partial charge in [0.1, 0.15) is 5.75 Å². The molecule has 0 heterocycles. The van der Waals surface area contributed by atoms with Crippen molar-refractivity contribution in [3.63, 3.8) is 0 Å². The summed E-state index contributed by atoms with van der Waals surface area (Å²) in [7, 11) is 1.67. The number of methoxy groups -OCH3 is 1. The van der Waals surface area contributed by atoms with Gasteiger partial charge in [0.25, 0.3) is 0 Å². The largest absolute Gasteiger partial charge is 0.496 e. The summed E-state index contributed by atoms with van der Waals surface area (Å²) in [6, 6.07) is 22.0. The van der Waals surface area contributed by atoms with Crippen LogP contribution < -0.4 is 4.74 Å². The smallest absolute Gasteiger partial charge is 0.127 e. The Labute approximate surface area is 117 Å². The summed E-state index contributed by atoms with van der Waals surface area (Å²) < 4.78 is 5.50. The number of fused-ring (bicyclic) bond motifs is 1. The first-order valence-corrected chi connectivity index (χ1v) is 6.40. The van der Waals surface area contributed by atoms with E-state index >= 15 is 0 Å². The molecule has 0 bridgehead atoms. The Morgan fingerprint density at radius 3 is 2.40 bits per heavy atom. The quantitative estimate of drug-likeness (QED) is 0.684. The third kappa shape index (κ3) is 2.00. The van der Waals surface area contributed by atoms with Crippen molar-refractivity contribution in [1.82, 2.24) is 0 Å². The number of nitriles is 1. The van der Waals surface area contributed by atoms with Crippen molar-refractivity contribution >= 4 is 10.8 Å². The fourth-order valence-electron chi connectivity index (χ4n) is 2.44. The summed E-state index contributed by atoms with van der Waals surface area (Å²) in [4.78, 5) is 0. The van der Waals surface area contributed by atoms with Crippen LogP contribution in [0.2, 0.25) is 0 Å². The van der Waals surface area contributed by atoms with Crippen LogP contribution in [-0.2, 0) is 0 Å². The van der Waals surface area contributed by atoms with Gasteiger partial charge in [0, 0.05) is 5.56 Å². The predicted molar refractivity (Wildman–Crippen MR) is 80.7 cm³/mol. The fraction of sp³-hybridized carbons (Fsp3) is 0.0556. The molecule has 2 nitrogen and oxygen atoms in total. The lowest BCUT2D eigenvalue weighted by Gasteiger charge is -2.12. The van der Waals surface area contributed by atoms with Crippen molar-refractivity contribution < 1.29 is 4.74 Å². The highest BCUT2D eigenvalue weighted by Crippen LogP contribution is 2.37. The molecule has 3 aromatic carbocycles. The van der Waals surface area contributed by atoms with Gasteiger partial charge in [-0.2, -0.15) is 5.26 Å². The van der Waals surface area contributed by atoms with Crippen LogP contribution in [0.4, 0.5) is 0 Å². The van der Waals surface area contributed by atoms with Crippen LogP contribution in [0.15, 0.2) is 60.7 Å². The minimum atomic E-state index is 0.655. The van der Waals surface area contributed by atoms with Gasteiger partial charge in [-0.15, -0.1) is 0 Å². The molecule has 0 spiro atoms. The second-order valence-corrected chi connectivity index (χ2v) is 4.56. The van der Waals surface area contributed by atoms with Crippen molar-refractivity contribution in [2.24, 2.45) is 0 Å². The molecule has 0 aliphatic carbocycles. The van der Waals surface area contributed by atoms with E-state index in [4.69, 9.17) is 10.00 Å². The van der Waals surface area contributed by atoms with Crippen LogP contribution in [0.1, 0.15) is 5.56 Å². The van der Waals surface area contributed by atoms with Crippen molar-refractivity contribution in [3.05, 3.63) is 66.2 Å². The average molecular weight is 259 g/mol. The lowest BCUT2D eigenvalue weighted by Crippen LogP contribution is -1.90. The standard InChI is InChI=1S/C18H13NO/c1-20-17-10-9-14-8-7-13(12-19)11-16(14)18(17)15-5-3-2-4-6-15/h2-11H,1H3. The second kappa shape index (κ2) is 5.07. The van der Waals surface area contributed by atoms with Crippen molar-refractivity contribution in [2.75, 3.05) is 7.11 Å². The van der Waals surface area contributed by atoms with Crippen LogP contribution in [0.5, 0.6) is 5.75 Å². The molecule has 0 aliphatic rings. The molecule has 0 aliphatic heterocycles. The number of benzene rings is 3. The zero-order valence-corrected chi connectivity index (χ0v) is 11.1. The molecule has 0 aromatic heterocycles. The molecular weight excluding hydrogens is 246 g/mol. The van der Waals surface area contributed by atoms with Gasteiger partial charge in [-0.25, -0.2) is 0 Å². The van der Waals surface area contributed by atoms with Crippen LogP contribution in [0.3, 0.4) is 0 Å². The summed E-state index contributed by atoms with van der Waals surface area (Å²) in [5, 5.41) is 11.2. The third-order valence-corrected chi connectivity index (χ3v) is 3.39. The summed E-state index contributed by atoms with van der Waals surface area (Å²) in [5.74, 6) is 0.818. The molecule has 3 aromatic rings. The number of rotatable bonds is 2. The summed E-state index contributed by atoms with van der Waals surface area (Å²) >= 11 is 0. The Balaban J connectivity index is 2.40. The zero-order chi connectivity index (χ0) is 13.9. The number of hydrogen-bond acceptors (Lipinski definition) is 2. The van der Waals surface area contributed by atoms with Crippen LogP contribution in [-0.4, -0.2) is 7.11 Å². The Bertz CT molecular complexity index is 801. The summed E-state index contributed by atoms with van der Waals surface area (Å²) in [6.45, 7) is 0. The molecular formula is C18H13NO. The maximum atomic E-state index is 9.10. The van der Waals surface area contributed by atoms with Gasteiger partial charge in [-0.05, 0) is 34.5 Å². The molecule has 0 radical (unpaired) electrons. The number of nitrogens with zero attached hydrogens (tertiary/aromatic N) is 1. The van der Waals surface area contributed by atoms with Gasteiger partial charge in [0.15, 0.2) is 0 Å². The highest BCUT2D eigenvalue weighted by molar-refractivity contribution is 6.00. The lowest BCUT2D eigenvalue weighted by atomic mass is 9.96. The predicted octanol–water partition coefficient (Wildman–Crippen LogP) is 4.39. The maximum Gasteiger partial charge on any atom is 0.127 e. The summed E-state index contributed by atoms with van der Waals surface area (Å²) in [5.41, 5.74) is 2.77. The van der Waals surface area contributed by atoms with Gasteiger partial charge in [0.05, 0.1) is 18.7 Å². The first-order valence-electron chi connectivity index (χ1n) is 6.40. The number of ether oxygens (including phenoxy) is 1. The molecule has 0 N–H and O–H groups in total. The number of hydrogen-bond donors (Lipinski definition) is 0. The average Bonchev–Trinajstić information content (AvgIpc) is 2.53. The molecule has 0 fully saturated rings. The van der Waals surface area contributed by atoms with E-state index in [0.717, 1.165) is 27.6 Å². The maximum absolute atomic E-state index is 9.10. The van der Waals surface area contributed by atoms with E-state index in [0.29, 0.717) is 5.56 Å². The van der Waals surface area contributed by atoms with E-state index in [9.17, 15) is 0 Å². The van der Waals surface area contributed by atoms with E-state index in [2.05, 4.69) is 18.2 Å².